The first-order chi connectivity index (χ1) is 13.7. The third kappa shape index (κ3) is 4.93. The molecule has 0 radical (unpaired) electrons. The van der Waals surface area contributed by atoms with E-state index in [1.54, 1.807) is 12.1 Å². The maximum atomic E-state index is 12.8. The third-order valence-corrected chi connectivity index (χ3v) is 4.35. The fourth-order valence-corrected chi connectivity index (χ4v) is 2.93. The van der Waals surface area contributed by atoms with Gasteiger partial charge in [-0.2, -0.15) is 13.2 Å². The van der Waals surface area contributed by atoms with Gasteiger partial charge in [0.15, 0.2) is 11.5 Å². The summed E-state index contributed by atoms with van der Waals surface area (Å²) in [5.41, 5.74) is -0.410. The predicted molar refractivity (Wildman–Crippen MR) is 103 cm³/mol. The van der Waals surface area contributed by atoms with Gasteiger partial charge < -0.3 is 14.8 Å². The van der Waals surface area contributed by atoms with Crippen LogP contribution in [-0.4, -0.2) is 24.1 Å². The van der Waals surface area contributed by atoms with Gasteiger partial charge in [0.1, 0.15) is 5.50 Å². The van der Waals surface area contributed by atoms with Crippen LogP contribution in [0.5, 0.6) is 17.2 Å². The summed E-state index contributed by atoms with van der Waals surface area (Å²) < 4.78 is 49.3. The van der Waals surface area contributed by atoms with Crippen LogP contribution in [0, 0.1) is 10.1 Å². The first-order valence-electron chi connectivity index (χ1n) is 8.27. The molecular weight excluding hydrogens is 411 g/mol. The fraction of sp³-hybridized carbons (Fsp3) is 0.222. The highest BCUT2D eigenvalue weighted by Crippen LogP contribution is 2.40. The van der Waals surface area contributed by atoms with E-state index in [9.17, 15) is 23.3 Å². The number of alkyl halides is 3. The van der Waals surface area contributed by atoms with Crippen molar-refractivity contribution in [1.29, 1.82) is 0 Å². The highest BCUT2D eigenvalue weighted by atomic mass is 32.1. The van der Waals surface area contributed by atoms with Gasteiger partial charge in [-0.15, -0.1) is 12.6 Å². The van der Waals surface area contributed by atoms with Crippen LogP contribution in [0.1, 0.15) is 11.1 Å². The number of nitrogens with zero attached hydrogens (tertiary/aromatic N) is 1. The number of hydrogen-bond donors (Lipinski definition) is 3. The van der Waals surface area contributed by atoms with Crippen molar-refractivity contribution >= 4 is 24.4 Å². The lowest BCUT2D eigenvalue weighted by atomic mass is 10.1. The molecule has 1 aliphatic rings. The summed E-state index contributed by atoms with van der Waals surface area (Å²) in [6.45, 7) is 0.604. The molecule has 2 aromatic carbocycles. The molecule has 0 saturated carbocycles. The van der Waals surface area contributed by atoms with E-state index in [1.807, 2.05) is 6.08 Å². The quantitative estimate of drug-likeness (QED) is 0.378. The van der Waals surface area contributed by atoms with Crippen LogP contribution < -0.4 is 20.1 Å². The van der Waals surface area contributed by atoms with Crippen molar-refractivity contribution in [3.63, 3.8) is 0 Å². The van der Waals surface area contributed by atoms with E-state index in [4.69, 9.17) is 9.47 Å². The number of benzene rings is 2. The molecule has 0 aliphatic carbocycles. The molecule has 1 unspecified atom stereocenters. The Balaban J connectivity index is 1.91. The first-order valence-corrected chi connectivity index (χ1v) is 8.79. The Morgan fingerprint density at radius 3 is 2.52 bits per heavy atom. The molecule has 1 heterocycles. The molecule has 1 fully saturated rings. The zero-order valence-corrected chi connectivity index (χ0v) is 15.9. The van der Waals surface area contributed by atoms with Gasteiger partial charge in [-0.25, -0.2) is 0 Å². The minimum atomic E-state index is -4.70. The molecule has 1 atom stereocenters. The van der Waals surface area contributed by atoms with Crippen LogP contribution in [0.25, 0.3) is 6.08 Å². The average molecular weight is 427 g/mol. The molecule has 0 spiro atoms. The van der Waals surface area contributed by atoms with Crippen molar-refractivity contribution in [2.45, 2.75) is 11.7 Å². The minimum absolute atomic E-state index is 0.127. The minimum Gasteiger partial charge on any atom is -0.493 e. The van der Waals surface area contributed by atoms with Crippen molar-refractivity contribution in [1.82, 2.24) is 10.6 Å². The van der Waals surface area contributed by atoms with Gasteiger partial charge in [-0.1, -0.05) is 6.07 Å². The molecule has 154 valence electrons. The maximum absolute atomic E-state index is 12.8. The molecule has 7 nitrogen and oxygen atoms in total. The number of nitro benzene ring substituents is 1. The molecule has 11 heteroatoms. The molecular formula is C18H16F3N3O4S. The van der Waals surface area contributed by atoms with E-state index < -0.39 is 22.4 Å². The average Bonchev–Trinajstić information content (AvgIpc) is 3.06. The number of rotatable bonds is 5. The van der Waals surface area contributed by atoms with Crippen LogP contribution in [-0.2, 0) is 6.18 Å². The van der Waals surface area contributed by atoms with Gasteiger partial charge >= 0.3 is 11.9 Å². The number of thiol groups is 1. The molecule has 0 bridgehead atoms. The van der Waals surface area contributed by atoms with Crippen LogP contribution in [0.4, 0.5) is 18.9 Å². The second kappa shape index (κ2) is 8.21. The SMILES string of the molecule is COc1cc(/C=C2\CNC(S)N2)ccc1Oc1ccc(C(F)(F)F)cc1[N+](=O)[O-]. The summed E-state index contributed by atoms with van der Waals surface area (Å²) >= 11 is 4.25. The largest absolute Gasteiger partial charge is 0.493 e. The van der Waals surface area contributed by atoms with Crippen molar-refractivity contribution in [3.05, 3.63) is 63.3 Å². The van der Waals surface area contributed by atoms with E-state index in [0.717, 1.165) is 23.4 Å². The van der Waals surface area contributed by atoms with E-state index in [1.165, 1.54) is 13.2 Å². The lowest BCUT2D eigenvalue weighted by molar-refractivity contribution is -0.385. The number of methoxy groups -OCH3 is 1. The normalized spacial score (nSPS) is 17.8. The Kier molecular flexibility index (Phi) is 5.89. The van der Waals surface area contributed by atoms with E-state index >= 15 is 0 Å². The summed E-state index contributed by atoms with van der Waals surface area (Å²) in [6.07, 6.45) is -2.85. The topological polar surface area (TPSA) is 85.7 Å². The Hall–Kier alpha value is -2.92. The number of ether oxygens (including phenoxy) is 2. The van der Waals surface area contributed by atoms with Gasteiger partial charge in [0.25, 0.3) is 0 Å². The highest BCUT2D eigenvalue weighted by molar-refractivity contribution is 7.80. The molecule has 2 aromatic rings. The Bertz CT molecular complexity index is 966. The monoisotopic (exact) mass is 427 g/mol. The smallest absolute Gasteiger partial charge is 0.416 e. The van der Waals surface area contributed by atoms with Gasteiger partial charge in [0.2, 0.25) is 5.75 Å². The van der Waals surface area contributed by atoms with Gasteiger partial charge in [-0.3, -0.25) is 15.4 Å². The Morgan fingerprint density at radius 1 is 1.21 bits per heavy atom. The molecule has 1 saturated heterocycles. The number of hydrogen-bond acceptors (Lipinski definition) is 7. The lowest BCUT2D eigenvalue weighted by Gasteiger charge is -2.13. The summed E-state index contributed by atoms with van der Waals surface area (Å²) in [6, 6.07) is 6.93. The molecule has 2 N–H and O–H groups in total. The molecule has 3 rings (SSSR count). The number of nitro groups is 1. The second-order valence-corrected chi connectivity index (χ2v) is 6.56. The molecule has 1 aliphatic heterocycles. The van der Waals surface area contributed by atoms with Crippen LogP contribution >= 0.6 is 12.6 Å². The third-order valence-electron chi connectivity index (χ3n) is 4.04. The zero-order chi connectivity index (χ0) is 21.2. The summed E-state index contributed by atoms with van der Waals surface area (Å²) in [5.74, 6) is 0.0657. The van der Waals surface area contributed by atoms with Gasteiger partial charge in [0, 0.05) is 18.3 Å². The Morgan fingerprint density at radius 2 is 1.93 bits per heavy atom. The maximum Gasteiger partial charge on any atom is 0.416 e. The van der Waals surface area contributed by atoms with Crippen molar-refractivity contribution in [2.75, 3.05) is 13.7 Å². The molecule has 29 heavy (non-hydrogen) atoms. The fourth-order valence-electron chi connectivity index (χ4n) is 2.68. The van der Waals surface area contributed by atoms with Crippen molar-refractivity contribution < 1.29 is 27.6 Å². The summed E-state index contributed by atoms with van der Waals surface area (Å²) in [5, 5.41) is 17.4. The van der Waals surface area contributed by atoms with Gasteiger partial charge in [0.05, 0.1) is 17.6 Å². The molecule has 0 amide bonds. The van der Waals surface area contributed by atoms with Crippen LogP contribution in [0.15, 0.2) is 42.1 Å². The standard InChI is InChI=1S/C18H16F3N3O4S/c1-27-16-7-10(6-12-9-22-17(29)23-12)2-4-15(16)28-14-5-3-11(18(19,20)21)8-13(14)24(25)26/h2-8,17,22-23,29H,9H2,1H3/b12-6+. The highest BCUT2D eigenvalue weighted by Gasteiger charge is 2.33. The second-order valence-electron chi connectivity index (χ2n) is 6.05. The molecule has 0 aromatic heterocycles. The summed E-state index contributed by atoms with van der Waals surface area (Å²) in [7, 11) is 1.39. The lowest BCUT2D eigenvalue weighted by Crippen LogP contribution is -2.23. The summed E-state index contributed by atoms with van der Waals surface area (Å²) in [4.78, 5) is 10.3. The van der Waals surface area contributed by atoms with Gasteiger partial charge in [-0.05, 0) is 35.9 Å². The van der Waals surface area contributed by atoms with E-state index in [2.05, 4.69) is 23.3 Å². The van der Waals surface area contributed by atoms with Crippen LogP contribution in [0.3, 0.4) is 0 Å². The number of halogens is 3. The number of nitrogens with one attached hydrogen (secondary N) is 2. The van der Waals surface area contributed by atoms with Crippen LogP contribution in [0.2, 0.25) is 0 Å². The van der Waals surface area contributed by atoms with Crippen molar-refractivity contribution in [2.24, 2.45) is 0 Å². The van der Waals surface area contributed by atoms with Crippen molar-refractivity contribution in [3.8, 4) is 17.2 Å². The predicted octanol–water partition coefficient (Wildman–Crippen LogP) is 4.16. The van der Waals surface area contributed by atoms with E-state index in [-0.39, 0.29) is 22.7 Å². The zero-order valence-electron chi connectivity index (χ0n) is 15.0. The van der Waals surface area contributed by atoms with E-state index in [0.29, 0.717) is 12.6 Å². The Labute approximate surface area is 169 Å². The first kappa shape index (κ1) is 20.8.